The molecule has 1 aliphatic heterocycles. The third-order valence-corrected chi connectivity index (χ3v) is 7.01. The number of nitrogens with one attached hydrogen (secondary N) is 2. The number of aromatic nitrogens is 1. The van der Waals surface area contributed by atoms with Crippen LogP contribution < -0.4 is 10.6 Å². The molecule has 0 bridgehead atoms. The van der Waals surface area contributed by atoms with E-state index < -0.39 is 42.3 Å². The third kappa shape index (κ3) is 5.96. The topological polar surface area (TPSA) is 107 Å². The first-order valence-corrected chi connectivity index (χ1v) is 11.5. The average molecular weight is 462 g/mol. The van der Waals surface area contributed by atoms with Gasteiger partial charge in [0.2, 0.25) is 5.91 Å². The Morgan fingerprint density at radius 3 is 2.48 bits per heavy atom. The first-order valence-electron chi connectivity index (χ1n) is 11.5. The Labute approximate surface area is 191 Å². The van der Waals surface area contributed by atoms with Crippen LogP contribution in [0.2, 0.25) is 0 Å². The summed E-state index contributed by atoms with van der Waals surface area (Å²) in [6, 6.07) is 5.15. The molecule has 2 heterocycles. The van der Waals surface area contributed by atoms with Gasteiger partial charge in [0.05, 0.1) is 12.5 Å². The second-order valence-electron chi connectivity index (χ2n) is 9.60. The van der Waals surface area contributed by atoms with E-state index in [2.05, 4.69) is 15.6 Å². The summed E-state index contributed by atoms with van der Waals surface area (Å²) in [5.41, 5.74) is -0.498. The number of hydrogen-bond donors (Lipinski definition) is 2. The maximum absolute atomic E-state index is 14.8. The number of nitriles is 1. The zero-order chi connectivity index (χ0) is 23.5. The number of halogens is 2. The molecule has 0 unspecified atom stereocenters. The quantitative estimate of drug-likeness (QED) is 0.616. The molecular weight excluding hydrogens is 432 g/mol. The molecule has 178 valence electrons. The fraction of sp³-hybridized carbons (Fsp3) is 0.652. The molecule has 10 heteroatoms. The van der Waals surface area contributed by atoms with Crippen molar-refractivity contribution in [1.29, 1.82) is 5.26 Å². The minimum absolute atomic E-state index is 0.179. The van der Waals surface area contributed by atoms with Gasteiger partial charge in [-0.05, 0) is 56.1 Å². The predicted octanol–water partition coefficient (Wildman–Crippen LogP) is 3.10. The molecular formula is C23H29F2N5O3. The lowest BCUT2D eigenvalue weighted by atomic mass is 9.63. The Kier molecular flexibility index (Phi) is 6.52. The van der Waals surface area contributed by atoms with Crippen molar-refractivity contribution in [3.63, 3.8) is 0 Å². The summed E-state index contributed by atoms with van der Waals surface area (Å²) < 4.78 is 29.6. The second-order valence-corrected chi connectivity index (χ2v) is 9.60. The van der Waals surface area contributed by atoms with Gasteiger partial charge in [-0.25, -0.2) is 13.6 Å². The van der Waals surface area contributed by atoms with Crippen LogP contribution in [0.25, 0.3) is 0 Å². The monoisotopic (exact) mass is 461 g/mol. The largest absolute Gasteiger partial charge is 0.426 e. The molecule has 8 nitrogen and oxygen atoms in total. The number of alkyl halides is 2. The average Bonchev–Trinajstić information content (AvgIpc) is 3.53. The molecule has 1 spiro atoms. The molecule has 0 aromatic carbocycles. The van der Waals surface area contributed by atoms with E-state index in [9.17, 15) is 23.6 Å². The van der Waals surface area contributed by atoms with Gasteiger partial charge in [-0.3, -0.25) is 9.78 Å². The summed E-state index contributed by atoms with van der Waals surface area (Å²) in [6.07, 6.45) is 5.24. The van der Waals surface area contributed by atoms with E-state index >= 15 is 0 Å². The minimum atomic E-state index is -3.31. The SMILES string of the molecule is N#CC1(NC(=O)[C@H](CC(F)(F)Cc2ccccn2)NC(=O)ON2CCC3(CCC3)CC2)CC1. The van der Waals surface area contributed by atoms with Gasteiger partial charge in [0, 0.05) is 31.4 Å². The summed E-state index contributed by atoms with van der Waals surface area (Å²) >= 11 is 0. The molecule has 2 saturated carbocycles. The van der Waals surface area contributed by atoms with Crippen molar-refractivity contribution < 1.29 is 23.2 Å². The van der Waals surface area contributed by atoms with E-state index in [1.165, 1.54) is 36.6 Å². The summed E-state index contributed by atoms with van der Waals surface area (Å²) in [7, 11) is 0. The van der Waals surface area contributed by atoms with Crippen LogP contribution in [0.5, 0.6) is 0 Å². The van der Waals surface area contributed by atoms with E-state index in [0.717, 1.165) is 12.8 Å². The summed E-state index contributed by atoms with van der Waals surface area (Å²) in [5, 5.41) is 15.6. The molecule has 2 N–H and O–H groups in total. The lowest BCUT2D eigenvalue weighted by Crippen LogP contribution is -2.54. The Hall–Kier alpha value is -2.80. The van der Waals surface area contributed by atoms with Crippen LogP contribution in [-0.4, -0.2) is 52.6 Å². The normalized spacial score (nSPS) is 21.8. The Bertz CT molecular complexity index is 902. The molecule has 1 aromatic rings. The van der Waals surface area contributed by atoms with Crippen LogP contribution in [0.15, 0.2) is 24.4 Å². The van der Waals surface area contributed by atoms with E-state index in [1.54, 1.807) is 12.1 Å². The Morgan fingerprint density at radius 1 is 1.21 bits per heavy atom. The zero-order valence-corrected chi connectivity index (χ0v) is 18.5. The van der Waals surface area contributed by atoms with E-state index in [4.69, 9.17) is 4.84 Å². The highest BCUT2D eigenvalue weighted by Crippen LogP contribution is 2.48. The molecule has 4 rings (SSSR count). The molecule has 0 radical (unpaired) electrons. The smallest absolute Gasteiger partial charge is 0.351 e. The molecule has 2 aliphatic carbocycles. The van der Waals surface area contributed by atoms with Crippen LogP contribution in [0.4, 0.5) is 13.6 Å². The van der Waals surface area contributed by atoms with Gasteiger partial charge in [0.15, 0.2) is 0 Å². The summed E-state index contributed by atoms with van der Waals surface area (Å²) in [5.74, 6) is -4.13. The maximum atomic E-state index is 14.8. The number of piperidine rings is 1. The lowest BCUT2D eigenvalue weighted by Gasteiger charge is -2.47. The Morgan fingerprint density at radius 2 is 1.94 bits per heavy atom. The molecule has 1 atom stereocenters. The molecule has 1 saturated heterocycles. The second kappa shape index (κ2) is 9.21. The summed E-state index contributed by atoms with van der Waals surface area (Å²) in [4.78, 5) is 34.5. The summed E-state index contributed by atoms with van der Waals surface area (Å²) in [6.45, 7) is 1.16. The van der Waals surface area contributed by atoms with Crippen molar-refractivity contribution in [2.45, 2.75) is 75.3 Å². The molecule has 3 aliphatic rings. The van der Waals surface area contributed by atoms with Crippen LogP contribution in [0, 0.1) is 16.7 Å². The van der Waals surface area contributed by atoms with Crippen molar-refractivity contribution in [3.05, 3.63) is 30.1 Å². The predicted molar refractivity (Wildman–Crippen MR) is 114 cm³/mol. The number of hydrogen-bond acceptors (Lipinski definition) is 6. The fourth-order valence-corrected chi connectivity index (χ4v) is 4.57. The van der Waals surface area contributed by atoms with Crippen molar-refractivity contribution in [1.82, 2.24) is 20.7 Å². The van der Waals surface area contributed by atoms with Crippen molar-refractivity contribution in [3.8, 4) is 6.07 Å². The first kappa shape index (κ1) is 23.4. The molecule has 2 amide bonds. The highest BCUT2D eigenvalue weighted by atomic mass is 19.3. The first-order chi connectivity index (χ1) is 15.7. The fourth-order valence-electron chi connectivity index (χ4n) is 4.57. The maximum Gasteiger partial charge on any atom is 0.426 e. The van der Waals surface area contributed by atoms with Gasteiger partial charge in [-0.2, -0.15) is 5.26 Å². The number of pyridine rings is 1. The number of nitrogens with zero attached hydrogens (tertiary/aromatic N) is 3. The van der Waals surface area contributed by atoms with Crippen molar-refractivity contribution in [2.24, 2.45) is 5.41 Å². The third-order valence-electron chi connectivity index (χ3n) is 7.01. The van der Waals surface area contributed by atoms with Crippen LogP contribution in [0.1, 0.15) is 57.1 Å². The highest BCUT2D eigenvalue weighted by Gasteiger charge is 2.47. The molecule has 1 aromatic heterocycles. The van der Waals surface area contributed by atoms with E-state index in [1.807, 2.05) is 6.07 Å². The van der Waals surface area contributed by atoms with Crippen molar-refractivity contribution in [2.75, 3.05) is 13.1 Å². The molecule has 3 fully saturated rings. The molecule has 33 heavy (non-hydrogen) atoms. The van der Waals surface area contributed by atoms with Gasteiger partial charge in [0.25, 0.3) is 5.92 Å². The van der Waals surface area contributed by atoms with Crippen LogP contribution >= 0.6 is 0 Å². The van der Waals surface area contributed by atoms with E-state index in [0.29, 0.717) is 31.3 Å². The van der Waals surface area contributed by atoms with Gasteiger partial charge >= 0.3 is 6.09 Å². The lowest BCUT2D eigenvalue weighted by molar-refractivity contribution is -0.144. The number of rotatable bonds is 8. The number of amides is 2. The van der Waals surface area contributed by atoms with Gasteiger partial charge < -0.3 is 15.5 Å². The van der Waals surface area contributed by atoms with Crippen LogP contribution in [-0.2, 0) is 16.1 Å². The number of carbonyl (C=O) groups excluding carboxylic acids is 2. The van der Waals surface area contributed by atoms with Crippen LogP contribution in [0.3, 0.4) is 0 Å². The van der Waals surface area contributed by atoms with Gasteiger partial charge in [-0.1, -0.05) is 12.5 Å². The van der Waals surface area contributed by atoms with E-state index in [-0.39, 0.29) is 5.69 Å². The van der Waals surface area contributed by atoms with Crippen molar-refractivity contribution >= 4 is 12.0 Å². The number of carbonyl (C=O) groups is 2. The van der Waals surface area contributed by atoms with Gasteiger partial charge in [-0.15, -0.1) is 5.06 Å². The minimum Gasteiger partial charge on any atom is -0.351 e. The number of hydroxylamine groups is 2. The zero-order valence-electron chi connectivity index (χ0n) is 18.5. The Balaban J connectivity index is 1.37. The highest BCUT2D eigenvalue weighted by molar-refractivity contribution is 5.86. The standard InChI is InChI=1S/C23H29F2N5O3/c24-23(25,14-17-4-1-2-11-27-17)15-18(19(31)29-22(16-26)7-8-22)28-20(32)33-30-12-9-21(10-13-30)5-3-6-21/h1-2,4,11,18H,3,5-10,12-15H2,(H,28,32)(H,29,31)/t18-/m0/s1. The van der Waals surface area contributed by atoms with Gasteiger partial charge in [0.1, 0.15) is 11.6 Å².